The summed E-state index contributed by atoms with van der Waals surface area (Å²) in [7, 11) is 6.44. The van der Waals surface area contributed by atoms with Gasteiger partial charge in [-0.15, -0.1) is 0 Å². The first kappa shape index (κ1) is 21.9. The zero-order valence-corrected chi connectivity index (χ0v) is 18.3. The number of quaternary nitrogens is 1. The fraction of sp³-hybridized carbons (Fsp3) is 0.409. The van der Waals surface area contributed by atoms with Gasteiger partial charge in [-0.2, -0.15) is 0 Å². The average Bonchev–Trinajstić information content (AvgIpc) is 3.38. The molecule has 0 spiro atoms. The fourth-order valence-electron chi connectivity index (χ4n) is 3.62. The molecule has 0 unspecified atom stereocenters. The molecule has 1 aliphatic rings. The van der Waals surface area contributed by atoms with E-state index in [4.69, 9.17) is 4.74 Å². The molecule has 4 nitrogen and oxygen atoms in total. The molecule has 0 radical (unpaired) electrons. The van der Waals surface area contributed by atoms with Crippen LogP contribution in [0.15, 0.2) is 60.7 Å². The largest absolute Gasteiger partial charge is 1.00 e. The zero-order chi connectivity index (χ0) is 18.8. The van der Waals surface area contributed by atoms with E-state index < -0.39 is 11.6 Å². The molecule has 5 heteroatoms. The number of carbonyl (C=O) groups is 1. The summed E-state index contributed by atoms with van der Waals surface area (Å²) in [5, 5.41) is 11.4. The molecule has 1 saturated carbocycles. The van der Waals surface area contributed by atoms with E-state index >= 15 is 0 Å². The summed E-state index contributed by atoms with van der Waals surface area (Å²) in [6, 6.07) is 18.0. The molecule has 0 aromatic heterocycles. The Morgan fingerprint density at radius 2 is 1.44 bits per heavy atom. The Kier molecular flexibility index (Phi) is 6.71. The number of carbonyl (C=O) groups excluding carboxylic acids is 1. The second-order valence-corrected chi connectivity index (χ2v) is 8.47. The summed E-state index contributed by atoms with van der Waals surface area (Å²) in [6.45, 7) is 1.30. The molecule has 0 aliphatic heterocycles. The highest BCUT2D eigenvalue weighted by atomic mass is 127. The molecule has 0 atom stereocenters. The van der Waals surface area contributed by atoms with Gasteiger partial charge in [0, 0.05) is 0 Å². The van der Waals surface area contributed by atoms with Gasteiger partial charge in [0.25, 0.3) is 0 Å². The number of hydrogen-bond donors (Lipinski definition) is 1. The van der Waals surface area contributed by atoms with E-state index in [9.17, 15) is 9.90 Å². The van der Waals surface area contributed by atoms with Gasteiger partial charge < -0.3 is 38.3 Å². The molecular formula is C22H28INO3. The van der Waals surface area contributed by atoms with Crippen LogP contribution in [0.2, 0.25) is 0 Å². The lowest BCUT2D eigenvalue weighted by atomic mass is 9.86. The Morgan fingerprint density at radius 3 is 1.81 bits per heavy atom. The van der Waals surface area contributed by atoms with Crippen LogP contribution in [0.1, 0.15) is 24.0 Å². The van der Waals surface area contributed by atoms with Crippen molar-refractivity contribution in [3.63, 3.8) is 0 Å². The van der Waals surface area contributed by atoms with Gasteiger partial charge in [0.15, 0.2) is 0 Å². The molecule has 2 aromatic rings. The predicted molar refractivity (Wildman–Crippen MR) is 101 cm³/mol. The summed E-state index contributed by atoms with van der Waals surface area (Å²) < 4.78 is 6.52. The fourth-order valence-corrected chi connectivity index (χ4v) is 3.62. The van der Waals surface area contributed by atoms with E-state index in [-0.39, 0.29) is 29.4 Å². The molecule has 27 heavy (non-hydrogen) atoms. The SMILES string of the molecule is C[N+](C)(C)CC1(COC(=O)C(O)(c2ccccc2)c2ccccc2)CC1.[I-]. The van der Waals surface area contributed by atoms with E-state index in [0.717, 1.165) is 23.9 Å². The second-order valence-electron chi connectivity index (χ2n) is 8.47. The summed E-state index contributed by atoms with van der Waals surface area (Å²) in [5.41, 5.74) is -0.711. The molecule has 2 aromatic carbocycles. The smallest absolute Gasteiger partial charge is 0.347 e. The Labute approximate surface area is 178 Å². The third-order valence-corrected chi connectivity index (χ3v) is 4.95. The van der Waals surface area contributed by atoms with Crippen LogP contribution in [0.25, 0.3) is 0 Å². The Balaban J connectivity index is 0.00000261. The molecule has 146 valence electrons. The zero-order valence-electron chi connectivity index (χ0n) is 16.2. The minimum absolute atomic E-state index is 0. The predicted octanol–water partition coefficient (Wildman–Crippen LogP) is -0.0439. The van der Waals surface area contributed by atoms with Crippen molar-refractivity contribution in [2.24, 2.45) is 5.41 Å². The van der Waals surface area contributed by atoms with Gasteiger partial charge in [-0.05, 0) is 24.0 Å². The normalized spacial score (nSPS) is 15.6. The van der Waals surface area contributed by atoms with Crippen molar-refractivity contribution in [3.8, 4) is 0 Å². The number of hydrogen-bond acceptors (Lipinski definition) is 3. The third-order valence-electron chi connectivity index (χ3n) is 4.95. The first-order valence-electron chi connectivity index (χ1n) is 9.06. The van der Waals surface area contributed by atoms with Crippen LogP contribution in [0.3, 0.4) is 0 Å². The molecule has 0 bridgehead atoms. The Bertz CT molecular complexity index is 713. The first-order valence-corrected chi connectivity index (χ1v) is 9.06. The van der Waals surface area contributed by atoms with Gasteiger partial charge in [0.2, 0.25) is 5.60 Å². The number of benzene rings is 2. The lowest BCUT2D eigenvalue weighted by molar-refractivity contribution is -0.875. The lowest BCUT2D eigenvalue weighted by Crippen LogP contribution is -3.00. The van der Waals surface area contributed by atoms with Crippen molar-refractivity contribution in [3.05, 3.63) is 71.8 Å². The standard InChI is InChI=1S/C22H28NO3.HI/c1-23(2,3)16-21(14-15-21)17-26-20(24)22(25,18-10-6-4-7-11-18)19-12-8-5-9-13-19;/h4-13,25H,14-17H2,1-3H3;1H/q+1;/p-1. The van der Waals surface area contributed by atoms with Crippen molar-refractivity contribution in [1.29, 1.82) is 0 Å². The molecule has 0 amide bonds. The van der Waals surface area contributed by atoms with Gasteiger partial charge in [0.1, 0.15) is 6.61 Å². The van der Waals surface area contributed by atoms with Crippen molar-refractivity contribution in [1.82, 2.24) is 0 Å². The third kappa shape index (κ3) is 5.09. The number of halogens is 1. The van der Waals surface area contributed by atoms with Crippen molar-refractivity contribution in [2.45, 2.75) is 18.4 Å². The van der Waals surface area contributed by atoms with E-state index in [0.29, 0.717) is 17.7 Å². The maximum atomic E-state index is 13.0. The quantitative estimate of drug-likeness (QED) is 0.343. The first-order chi connectivity index (χ1) is 12.3. The number of ether oxygens (including phenoxy) is 1. The molecular weight excluding hydrogens is 453 g/mol. The van der Waals surface area contributed by atoms with Gasteiger partial charge in [0.05, 0.1) is 33.1 Å². The summed E-state index contributed by atoms with van der Waals surface area (Å²) >= 11 is 0. The monoisotopic (exact) mass is 481 g/mol. The number of rotatable bonds is 7. The van der Waals surface area contributed by atoms with E-state index in [1.165, 1.54) is 0 Å². The number of aliphatic hydroxyl groups is 1. The summed E-state index contributed by atoms with van der Waals surface area (Å²) in [6.07, 6.45) is 2.12. The minimum Gasteiger partial charge on any atom is -1.00 e. The second kappa shape index (κ2) is 8.29. The van der Waals surface area contributed by atoms with Crippen molar-refractivity contribution < 1.29 is 43.1 Å². The molecule has 0 saturated heterocycles. The van der Waals surface area contributed by atoms with Gasteiger partial charge in [-0.3, -0.25) is 0 Å². The van der Waals surface area contributed by atoms with E-state index in [2.05, 4.69) is 21.1 Å². The molecule has 1 fully saturated rings. The highest BCUT2D eigenvalue weighted by Crippen LogP contribution is 2.47. The molecule has 1 aliphatic carbocycles. The van der Waals surface area contributed by atoms with E-state index in [1.54, 1.807) is 24.3 Å². The maximum absolute atomic E-state index is 13.0. The van der Waals surface area contributed by atoms with Crippen LogP contribution in [-0.2, 0) is 15.1 Å². The molecule has 3 rings (SSSR count). The number of esters is 1. The van der Waals surface area contributed by atoms with Crippen molar-refractivity contribution >= 4 is 5.97 Å². The number of nitrogens with zero attached hydrogens (tertiary/aromatic N) is 1. The van der Waals surface area contributed by atoms with Crippen molar-refractivity contribution in [2.75, 3.05) is 34.3 Å². The van der Waals surface area contributed by atoms with Gasteiger partial charge >= 0.3 is 5.97 Å². The molecule has 1 N–H and O–H groups in total. The van der Waals surface area contributed by atoms with Crippen LogP contribution in [0, 0.1) is 5.41 Å². The topological polar surface area (TPSA) is 46.5 Å². The van der Waals surface area contributed by atoms with Gasteiger partial charge in [-0.25, -0.2) is 4.79 Å². The summed E-state index contributed by atoms with van der Waals surface area (Å²) in [5.74, 6) is -0.609. The Morgan fingerprint density at radius 1 is 1.00 bits per heavy atom. The van der Waals surface area contributed by atoms with Crippen LogP contribution < -0.4 is 24.0 Å². The van der Waals surface area contributed by atoms with Crippen LogP contribution in [-0.4, -0.2) is 49.9 Å². The highest BCUT2D eigenvalue weighted by Gasteiger charge is 2.50. The minimum atomic E-state index is -1.80. The highest BCUT2D eigenvalue weighted by molar-refractivity contribution is 5.85. The maximum Gasteiger partial charge on any atom is 0.347 e. The van der Waals surface area contributed by atoms with Crippen LogP contribution >= 0.6 is 0 Å². The van der Waals surface area contributed by atoms with Crippen LogP contribution in [0.5, 0.6) is 0 Å². The molecule has 0 heterocycles. The van der Waals surface area contributed by atoms with E-state index in [1.807, 2.05) is 36.4 Å². The average molecular weight is 481 g/mol. The summed E-state index contributed by atoms with van der Waals surface area (Å²) in [4.78, 5) is 13.0. The Hall–Kier alpha value is -1.44. The lowest BCUT2D eigenvalue weighted by Gasteiger charge is -2.31. The van der Waals surface area contributed by atoms with Crippen LogP contribution in [0.4, 0.5) is 0 Å². The van der Waals surface area contributed by atoms with Gasteiger partial charge in [-0.1, -0.05) is 60.7 Å².